The normalized spacial score (nSPS) is 10.8. The SMILES string of the molecule is Cc1ccc(NC(=O)COc2c(Br)cc(Br)cc2/C=N/NC(=O)c2ccccc2)cc1Cl. The van der Waals surface area contributed by atoms with Gasteiger partial charge in [0.25, 0.3) is 11.8 Å². The highest BCUT2D eigenvalue weighted by molar-refractivity contribution is 9.11. The Hall–Kier alpha value is -2.68. The Morgan fingerprint density at radius 3 is 2.56 bits per heavy atom. The Kier molecular flexibility index (Phi) is 8.44. The predicted molar refractivity (Wildman–Crippen MR) is 134 cm³/mol. The van der Waals surface area contributed by atoms with Crippen LogP contribution >= 0.6 is 43.5 Å². The summed E-state index contributed by atoms with van der Waals surface area (Å²) in [6.07, 6.45) is 1.45. The van der Waals surface area contributed by atoms with Gasteiger partial charge in [0.1, 0.15) is 5.75 Å². The number of nitrogens with zero attached hydrogens (tertiary/aromatic N) is 1. The first-order chi connectivity index (χ1) is 15.3. The summed E-state index contributed by atoms with van der Waals surface area (Å²) in [7, 11) is 0. The molecule has 0 spiro atoms. The van der Waals surface area contributed by atoms with Gasteiger partial charge in [-0.25, -0.2) is 5.43 Å². The zero-order valence-corrected chi connectivity index (χ0v) is 20.8. The Balaban J connectivity index is 1.67. The van der Waals surface area contributed by atoms with Gasteiger partial charge in [0.15, 0.2) is 6.61 Å². The number of amides is 2. The number of hydrogen-bond acceptors (Lipinski definition) is 4. The van der Waals surface area contributed by atoms with Crippen LogP contribution in [0.25, 0.3) is 0 Å². The van der Waals surface area contributed by atoms with Crippen LogP contribution in [0.4, 0.5) is 5.69 Å². The molecule has 0 radical (unpaired) electrons. The van der Waals surface area contributed by atoms with Crippen LogP contribution in [0.5, 0.6) is 5.75 Å². The molecule has 32 heavy (non-hydrogen) atoms. The highest BCUT2D eigenvalue weighted by atomic mass is 79.9. The third kappa shape index (κ3) is 6.66. The lowest BCUT2D eigenvalue weighted by Gasteiger charge is -2.12. The lowest BCUT2D eigenvalue weighted by atomic mass is 10.2. The van der Waals surface area contributed by atoms with Crippen molar-refractivity contribution in [1.82, 2.24) is 5.43 Å². The third-order valence-electron chi connectivity index (χ3n) is 4.25. The molecular formula is C23H18Br2ClN3O3. The first-order valence-electron chi connectivity index (χ1n) is 9.40. The predicted octanol–water partition coefficient (Wildman–Crippen LogP) is 5.95. The fraction of sp³-hybridized carbons (Fsp3) is 0.0870. The number of ether oxygens (including phenoxy) is 1. The summed E-state index contributed by atoms with van der Waals surface area (Å²) in [6.45, 7) is 1.65. The highest BCUT2D eigenvalue weighted by Crippen LogP contribution is 2.32. The van der Waals surface area contributed by atoms with Gasteiger partial charge in [-0.3, -0.25) is 9.59 Å². The van der Waals surface area contributed by atoms with E-state index in [1.807, 2.05) is 19.1 Å². The second-order valence-electron chi connectivity index (χ2n) is 6.67. The maximum absolute atomic E-state index is 12.3. The van der Waals surface area contributed by atoms with Crippen molar-refractivity contribution in [2.45, 2.75) is 6.92 Å². The van der Waals surface area contributed by atoms with E-state index < -0.39 is 0 Å². The summed E-state index contributed by atoms with van der Waals surface area (Å²) in [6, 6.07) is 17.6. The molecule has 3 aromatic carbocycles. The molecule has 3 aromatic rings. The van der Waals surface area contributed by atoms with Crippen molar-refractivity contribution in [3.8, 4) is 5.75 Å². The number of hydrazone groups is 1. The molecule has 0 bridgehead atoms. The molecule has 0 heterocycles. The molecule has 6 nitrogen and oxygen atoms in total. The summed E-state index contributed by atoms with van der Waals surface area (Å²) in [5, 5.41) is 7.32. The van der Waals surface area contributed by atoms with Crippen LogP contribution in [-0.4, -0.2) is 24.6 Å². The van der Waals surface area contributed by atoms with Gasteiger partial charge < -0.3 is 10.1 Å². The fourth-order valence-electron chi connectivity index (χ4n) is 2.65. The maximum atomic E-state index is 12.3. The summed E-state index contributed by atoms with van der Waals surface area (Å²) in [5.41, 5.74) is 5.02. The van der Waals surface area contributed by atoms with Crippen LogP contribution in [0, 0.1) is 6.92 Å². The first-order valence-corrected chi connectivity index (χ1v) is 11.4. The van der Waals surface area contributed by atoms with Crippen LogP contribution < -0.4 is 15.5 Å². The average molecular weight is 580 g/mol. The van der Waals surface area contributed by atoms with E-state index in [4.69, 9.17) is 16.3 Å². The average Bonchev–Trinajstić information content (AvgIpc) is 2.76. The zero-order chi connectivity index (χ0) is 23.1. The number of carbonyl (C=O) groups excluding carboxylic acids is 2. The van der Waals surface area contributed by atoms with Crippen molar-refractivity contribution >= 4 is 67.2 Å². The first kappa shape index (κ1) is 24.0. The van der Waals surface area contributed by atoms with Crippen molar-refractivity contribution in [3.63, 3.8) is 0 Å². The topological polar surface area (TPSA) is 79.8 Å². The van der Waals surface area contributed by atoms with Gasteiger partial charge in [0.05, 0.1) is 10.7 Å². The monoisotopic (exact) mass is 577 g/mol. The number of anilines is 1. The van der Waals surface area contributed by atoms with Gasteiger partial charge >= 0.3 is 0 Å². The number of benzene rings is 3. The third-order valence-corrected chi connectivity index (χ3v) is 5.70. The molecule has 0 aromatic heterocycles. The van der Waals surface area contributed by atoms with Crippen molar-refractivity contribution in [2.24, 2.45) is 5.10 Å². The fourth-order valence-corrected chi connectivity index (χ4v) is 4.20. The van der Waals surface area contributed by atoms with E-state index in [9.17, 15) is 9.59 Å². The molecule has 0 fully saturated rings. The molecule has 2 amide bonds. The molecule has 0 unspecified atom stereocenters. The minimum Gasteiger partial charge on any atom is -0.482 e. The number of aryl methyl sites for hydroxylation is 1. The van der Waals surface area contributed by atoms with E-state index >= 15 is 0 Å². The minimum absolute atomic E-state index is 0.233. The summed E-state index contributed by atoms with van der Waals surface area (Å²) in [4.78, 5) is 24.5. The van der Waals surface area contributed by atoms with Gasteiger partial charge in [0, 0.05) is 26.3 Å². The lowest BCUT2D eigenvalue weighted by Crippen LogP contribution is -2.21. The molecule has 164 valence electrons. The molecule has 0 aliphatic rings. The Labute approximate surface area is 207 Å². The van der Waals surface area contributed by atoms with E-state index in [0.717, 1.165) is 10.0 Å². The van der Waals surface area contributed by atoms with E-state index in [1.165, 1.54) is 6.21 Å². The quantitative estimate of drug-likeness (QED) is 0.268. The van der Waals surface area contributed by atoms with E-state index in [1.54, 1.807) is 48.5 Å². The molecule has 0 aliphatic heterocycles. The van der Waals surface area contributed by atoms with Crippen LogP contribution in [0.15, 0.2) is 74.7 Å². The minimum atomic E-state index is -0.347. The number of carbonyl (C=O) groups is 2. The standard InChI is InChI=1S/C23H18Br2ClN3O3/c1-14-7-8-18(11-20(14)26)28-21(30)13-32-22-16(9-17(24)10-19(22)25)12-27-29-23(31)15-5-3-2-4-6-15/h2-12H,13H2,1H3,(H,28,30)(H,29,31)/b27-12+. The van der Waals surface area contributed by atoms with Crippen molar-refractivity contribution in [2.75, 3.05) is 11.9 Å². The molecule has 3 rings (SSSR count). The van der Waals surface area contributed by atoms with Gasteiger partial charge in [0.2, 0.25) is 0 Å². The molecule has 2 N–H and O–H groups in total. The van der Waals surface area contributed by atoms with Crippen molar-refractivity contribution < 1.29 is 14.3 Å². The van der Waals surface area contributed by atoms with Crippen molar-refractivity contribution in [1.29, 1.82) is 0 Å². The van der Waals surface area contributed by atoms with Gasteiger partial charge in [-0.05, 0) is 64.8 Å². The molecule has 0 saturated heterocycles. The molecule has 0 aliphatic carbocycles. The number of halogens is 3. The maximum Gasteiger partial charge on any atom is 0.271 e. The smallest absolute Gasteiger partial charge is 0.271 e. The molecule has 9 heteroatoms. The van der Waals surface area contributed by atoms with E-state index in [-0.39, 0.29) is 18.4 Å². The van der Waals surface area contributed by atoms with Crippen LogP contribution in [-0.2, 0) is 4.79 Å². The molecule has 0 saturated carbocycles. The summed E-state index contributed by atoms with van der Waals surface area (Å²) < 4.78 is 7.13. The highest BCUT2D eigenvalue weighted by Gasteiger charge is 2.12. The summed E-state index contributed by atoms with van der Waals surface area (Å²) in [5.74, 6) is -0.280. The molecular weight excluding hydrogens is 562 g/mol. The number of nitrogens with one attached hydrogen (secondary N) is 2. The van der Waals surface area contributed by atoms with Crippen LogP contribution in [0.3, 0.4) is 0 Å². The van der Waals surface area contributed by atoms with Crippen LogP contribution in [0.2, 0.25) is 5.02 Å². The Bertz CT molecular complexity index is 1170. The largest absolute Gasteiger partial charge is 0.482 e. The number of hydrogen-bond donors (Lipinski definition) is 2. The zero-order valence-electron chi connectivity index (χ0n) is 16.9. The Morgan fingerprint density at radius 2 is 1.84 bits per heavy atom. The second kappa shape index (κ2) is 11.3. The van der Waals surface area contributed by atoms with Crippen molar-refractivity contribution in [3.05, 3.63) is 91.3 Å². The lowest BCUT2D eigenvalue weighted by molar-refractivity contribution is -0.118. The summed E-state index contributed by atoms with van der Waals surface area (Å²) >= 11 is 13.0. The Morgan fingerprint density at radius 1 is 1.09 bits per heavy atom. The molecule has 0 atom stereocenters. The van der Waals surface area contributed by atoms with Gasteiger partial charge in [-0.2, -0.15) is 5.10 Å². The van der Waals surface area contributed by atoms with E-state index in [2.05, 4.69) is 47.7 Å². The van der Waals surface area contributed by atoms with Gasteiger partial charge in [-0.15, -0.1) is 0 Å². The van der Waals surface area contributed by atoms with Gasteiger partial charge in [-0.1, -0.05) is 51.8 Å². The van der Waals surface area contributed by atoms with Crippen LogP contribution in [0.1, 0.15) is 21.5 Å². The number of rotatable bonds is 7. The van der Waals surface area contributed by atoms with E-state index in [0.29, 0.717) is 32.1 Å². The second-order valence-corrected chi connectivity index (χ2v) is 8.85.